The molecule has 0 aromatic carbocycles. The molecule has 0 saturated carbocycles. The van der Waals surface area contributed by atoms with Crippen LogP contribution in [0.1, 0.15) is 12.0 Å². The highest BCUT2D eigenvalue weighted by Gasteiger charge is 2.39. The van der Waals surface area contributed by atoms with Gasteiger partial charge in [0.25, 0.3) is 0 Å². The molecule has 0 spiro atoms. The molecule has 2 heterocycles. The van der Waals surface area contributed by atoms with Crippen LogP contribution in [0.2, 0.25) is 0 Å². The van der Waals surface area contributed by atoms with Crippen molar-refractivity contribution in [3.05, 3.63) is 23.9 Å². The van der Waals surface area contributed by atoms with Crippen molar-refractivity contribution in [1.82, 2.24) is 4.98 Å². The summed E-state index contributed by atoms with van der Waals surface area (Å²) in [5.41, 5.74) is 6.22. The smallest absolute Gasteiger partial charge is 0.307 e. The van der Waals surface area contributed by atoms with Crippen LogP contribution in [0, 0.1) is 0 Å². The lowest BCUT2D eigenvalue weighted by atomic mass is 10.2. The first-order valence-corrected chi connectivity index (χ1v) is 6.75. The molecule has 1 aliphatic rings. The van der Waals surface area contributed by atoms with Crippen LogP contribution in [-0.4, -0.2) is 31.1 Å². The van der Waals surface area contributed by atoms with Crippen molar-refractivity contribution in [3.8, 4) is 0 Å². The van der Waals surface area contributed by atoms with E-state index in [1.54, 1.807) is 12.1 Å². The van der Waals surface area contributed by atoms with Crippen LogP contribution in [0.3, 0.4) is 0 Å². The third kappa shape index (κ3) is 2.49. The average Bonchev–Trinajstić information content (AvgIpc) is 2.71. The van der Waals surface area contributed by atoms with E-state index in [-0.39, 0.29) is 19.5 Å². The molecule has 0 bridgehead atoms. The van der Waals surface area contributed by atoms with Crippen LogP contribution >= 0.6 is 0 Å². The summed E-state index contributed by atoms with van der Waals surface area (Å²) in [6.07, 6.45) is 1.12. The molecule has 1 unspecified atom stereocenters. The summed E-state index contributed by atoms with van der Waals surface area (Å²) in [5, 5.41) is -1.31. The molecule has 2 rings (SSSR count). The van der Waals surface area contributed by atoms with Gasteiger partial charge in [-0.25, -0.2) is 4.98 Å². The van der Waals surface area contributed by atoms with E-state index < -0.39 is 21.4 Å². The van der Waals surface area contributed by atoms with Gasteiger partial charge in [0.05, 0.1) is 0 Å². The molecule has 0 aliphatic carbocycles. The largest absolute Gasteiger partial charge is 0.326 e. The van der Waals surface area contributed by atoms with Crippen LogP contribution in [0.25, 0.3) is 0 Å². The minimum atomic E-state index is -4.71. The van der Waals surface area contributed by atoms with Crippen molar-refractivity contribution in [2.24, 2.45) is 5.73 Å². The molecule has 98 valence electrons. The highest BCUT2D eigenvalue weighted by atomic mass is 32.3. The van der Waals surface area contributed by atoms with Crippen LogP contribution in [0.5, 0.6) is 0 Å². The fraction of sp³-hybridized carbons (Fsp3) is 0.400. The van der Waals surface area contributed by atoms with E-state index in [0.717, 1.165) is 5.56 Å². The van der Waals surface area contributed by atoms with Crippen molar-refractivity contribution >= 4 is 21.9 Å². The number of carbonyl (C=O) groups excluding carboxylic acids is 1. The number of nitrogens with zero attached hydrogens (tertiary/aromatic N) is 2. The number of rotatable bonds is 3. The number of anilines is 1. The summed E-state index contributed by atoms with van der Waals surface area (Å²) in [4.78, 5) is 16.8. The number of amides is 1. The summed E-state index contributed by atoms with van der Waals surface area (Å²) in [5.74, 6) is -0.156. The number of aromatic nitrogens is 1. The molecule has 6 nitrogen and oxygen atoms in total. The maximum atomic E-state index is 12.9. The Morgan fingerprint density at radius 3 is 2.83 bits per heavy atom. The Morgan fingerprint density at radius 1 is 1.56 bits per heavy atom. The average molecular weight is 273 g/mol. The highest BCUT2D eigenvalue weighted by molar-refractivity contribution is 7.87. The summed E-state index contributed by atoms with van der Waals surface area (Å²) in [7, 11) is -4.71. The fourth-order valence-electron chi connectivity index (χ4n) is 1.82. The monoisotopic (exact) mass is 273 g/mol. The minimum Gasteiger partial charge on any atom is -0.326 e. The van der Waals surface area contributed by atoms with Gasteiger partial charge in [0.1, 0.15) is 11.1 Å². The Hall–Kier alpha value is -1.54. The maximum absolute atomic E-state index is 12.9. The van der Waals surface area contributed by atoms with Crippen molar-refractivity contribution in [3.63, 3.8) is 0 Å². The summed E-state index contributed by atoms with van der Waals surface area (Å²) < 4.78 is 34.4. The SMILES string of the molecule is NCc1ccnc(N2CC(S(=O)(=O)F)CC2=O)c1. The third-order valence-corrected chi connectivity index (χ3v) is 3.92. The number of carbonyl (C=O) groups is 1. The van der Waals surface area contributed by atoms with Gasteiger partial charge < -0.3 is 5.73 Å². The molecule has 2 N–H and O–H groups in total. The Labute approximate surface area is 104 Å². The molecule has 1 amide bonds. The van der Waals surface area contributed by atoms with E-state index in [1.165, 1.54) is 11.1 Å². The Balaban J connectivity index is 2.27. The second-order valence-electron chi connectivity index (χ2n) is 4.03. The lowest BCUT2D eigenvalue weighted by Crippen LogP contribution is -2.27. The number of pyridine rings is 1. The van der Waals surface area contributed by atoms with E-state index in [0.29, 0.717) is 5.82 Å². The molecule has 1 atom stereocenters. The predicted octanol–water partition coefficient (Wildman–Crippen LogP) is -0.0551. The van der Waals surface area contributed by atoms with Crippen molar-refractivity contribution < 1.29 is 17.1 Å². The third-order valence-electron chi connectivity index (χ3n) is 2.81. The lowest BCUT2D eigenvalue weighted by Gasteiger charge is -2.15. The Bertz CT molecular complexity index is 575. The van der Waals surface area contributed by atoms with E-state index in [9.17, 15) is 17.1 Å². The van der Waals surface area contributed by atoms with Gasteiger partial charge in [0, 0.05) is 25.7 Å². The van der Waals surface area contributed by atoms with Gasteiger partial charge in [-0.15, -0.1) is 3.89 Å². The zero-order valence-electron chi connectivity index (χ0n) is 9.41. The number of nitrogens with two attached hydrogens (primary N) is 1. The first-order chi connectivity index (χ1) is 8.41. The van der Waals surface area contributed by atoms with Crippen LogP contribution < -0.4 is 10.6 Å². The van der Waals surface area contributed by atoms with Gasteiger partial charge in [0.15, 0.2) is 0 Å². The van der Waals surface area contributed by atoms with Gasteiger partial charge in [0.2, 0.25) is 5.91 Å². The molecular weight excluding hydrogens is 261 g/mol. The van der Waals surface area contributed by atoms with Gasteiger partial charge >= 0.3 is 10.2 Å². The quantitative estimate of drug-likeness (QED) is 0.779. The second kappa shape index (κ2) is 4.62. The second-order valence-corrected chi connectivity index (χ2v) is 5.65. The van der Waals surface area contributed by atoms with Gasteiger partial charge in [-0.05, 0) is 17.7 Å². The summed E-state index contributed by atoms with van der Waals surface area (Å²) >= 11 is 0. The van der Waals surface area contributed by atoms with Gasteiger partial charge in [-0.2, -0.15) is 8.42 Å². The predicted molar refractivity (Wildman–Crippen MR) is 62.9 cm³/mol. The summed E-state index contributed by atoms with van der Waals surface area (Å²) in [6.45, 7) is 0.0705. The highest BCUT2D eigenvalue weighted by Crippen LogP contribution is 2.24. The minimum absolute atomic E-state index is 0.210. The molecule has 1 aliphatic heterocycles. The van der Waals surface area contributed by atoms with E-state index in [2.05, 4.69) is 4.98 Å². The molecule has 1 saturated heterocycles. The topological polar surface area (TPSA) is 93.4 Å². The first-order valence-electron chi connectivity index (χ1n) is 5.30. The summed E-state index contributed by atoms with van der Waals surface area (Å²) in [6, 6.07) is 3.28. The molecular formula is C10H12FN3O3S. The number of hydrogen-bond acceptors (Lipinski definition) is 5. The number of hydrogen-bond donors (Lipinski definition) is 1. The maximum Gasteiger partial charge on any atom is 0.307 e. The molecule has 1 fully saturated rings. The number of halogens is 1. The molecule has 1 aromatic rings. The van der Waals surface area contributed by atoms with Crippen LogP contribution in [0.4, 0.5) is 9.70 Å². The fourth-order valence-corrected chi connectivity index (χ4v) is 2.49. The van der Waals surface area contributed by atoms with Crippen molar-refractivity contribution in [2.75, 3.05) is 11.4 Å². The molecule has 18 heavy (non-hydrogen) atoms. The van der Waals surface area contributed by atoms with E-state index in [1.807, 2.05) is 0 Å². The molecule has 8 heteroatoms. The lowest BCUT2D eigenvalue weighted by molar-refractivity contribution is -0.117. The Morgan fingerprint density at radius 2 is 2.28 bits per heavy atom. The zero-order valence-corrected chi connectivity index (χ0v) is 10.2. The molecule has 1 aromatic heterocycles. The van der Waals surface area contributed by atoms with E-state index >= 15 is 0 Å². The van der Waals surface area contributed by atoms with Crippen LogP contribution in [0.15, 0.2) is 18.3 Å². The normalized spacial score (nSPS) is 20.4. The zero-order chi connectivity index (χ0) is 13.3. The van der Waals surface area contributed by atoms with Gasteiger partial charge in [-0.1, -0.05) is 0 Å². The molecule has 0 radical (unpaired) electrons. The van der Waals surface area contributed by atoms with Crippen molar-refractivity contribution in [2.45, 2.75) is 18.2 Å². The van der Waals surface area contributed by atoms with Gasteiger partial charge in [-0.3, -0.25) is 9.69 Å². The van der Waals surface area contributed by atoms with E-state index in [4.69, 9.17) is 5.73 Å². The Kier molecular flexibility index (Phi) is 3.31. The first kappa shape index (κ1) is 12.9. The van der Waals surface area contributed by atoms with Crippen LogP contribution in [-0.2, 0) is 21.6 Å². The van der Waals surface area contributed by atoms with Crippen molar-refractivity contribution in [1.29, 1.82) is 0 Å². The standard InChI is InChI=1S/C10H12FN3O3S/c11-18(16,17)8-4-10(15)14(6-8)9-3-7(5-12)1-2-13-9/h1-3,8H,4-6,12H2.